The molecule has 1 heterocycles. The van der Waals surface area contributed by atoms with E-state index in [1.54, 1.807) is 11.9 Å². The summed E-state index contributed by atoms with van der Waals surface area (Å²) in [5.74, 6) is -1.24. The summed E-state index contributed by atoms with van der Waals surface area (Å²) in [6.07, 6.45) is 5.84. The van der Waals surface area contributed by atoms with Crippen molar-refractivity contribution >= 4 is 5.91 Å². The number of carbonyl (C=O) groups is 1. The highest BCUT2D eigenvalue weighted by atomic mass is 19.1. The molecule has 0 unspecified atom stereocenters. The average Bonchev–Trinajstić information content (AvgIpc) is 2.70. The van der Waals surface area contributed by atoms with Crippen LogP contribution in [0.3, 0.4) is 0 Å². The van der Waals surface area contributed by atoms with Crippen molar-refractivity contribution in [3.8, 4) is 0 Å². The molecule has 1 aromatic carbocycles. The number of halogens is 2. The van der Waals surface area contributed by atoms with E-state index in [0.29, 0.717) is 12.1 Å². The minimum Gasteiger partial charge on any atom is -0.379 e. The number of nitrogens with zero attached hydrogens (tertiary/aromatic N) is 2. The second-order valence-electron chi connectivity index (χ2n) is 8.07. The van der Waals surface area contributed by atoms with Crippen LogP contribution in [0.4, 0.5) is 8.78 Å². The SMILES string of the molecule is CN(CC(=O)NCC1(N2CCOCC2)CCCCC1)Cc1ccc(F)cc1F. The second-order valence-corrected chi connectivity index (χ2v) is 8.07. The van der Waals surface area contributed by atoms with Gasteiger partial charge in [-0.1, -0.05) is 25.3 Å². The van der Waals surface area contributed by atoms with E-state index in [1.165, 1.54) is 31.4 Å². The van der Waals surface area contributed by atoms with Crippen LogP contribution in [0.1, 0.15) is 37.7 Å². The van der Waals surface area contributed by atoms with Crippen molar-refractivity contribution in [2.75, 3.05) is 46.4 Å². The van der Waals surface area contributed by atoms with Gasteiger partial charge >= 0.3 is 0 Å². The van der Waals surface area contributed by atoms with Gasteiger partial charge < -0.3 is 10.1 Å². The van der Waals surface area contributed by atoms with E-state index in [9.17, 15) is 13.6 Å². The molecule has 5 nitrogen and oxygen atoms in total. The molecule has 1 saturated heterocycles. The first kappa shape index (κ1) is 21.1. The highest BCUT2D eigenvalue weighted by Gasteiger charge is 2.38. The fourth-order valence-corrected chi connectivity index (χ4v) is 4.41. The maximum absolute atomic E-state index is 13.8. The molecule has 1 N–H and O–H groups in total. The highest BCUT2D eigenvalue weighted by Crippen LogP contribution is 2.33. The Bertz CT molecular complexity index is 659. The summed E-state index contributed by atoms with van der Waals surface area (Å²) in [6, 6.07) is 3.54. The minimum absolute atomic E-state index is 0.0271. The van der Waals surface area contributed by atoms with Crippen LogP contribution in [-0.2, 0) is 16.1 Å². The van der Waals surface area contributed by atoms with Crippen molar-refractivity contribution < 1.29 is 18.3 Å². The lowest BCUT2D eigenvalue weighted by Gasteiger charge is -2.48. The molecule has 1 saturated carbocycles. The summed E-state index contributed by atoms with van der Waals surface area (Å²) in [5, 5.41) is 3.11. The lowest BCUT2D eigenvalue weighted by Crippen LogP contribution is -2.60. The Labute approximate surface area is 166 Å². The van der Waals surface area contributed by atoms with E-state index < -0.39 is 11.6 Å². The standard InChI is InChI=1S/C21H31F2N3O2/c1-25(14-17-5-6-18(22)13-19(17)23)15-20(27)24-16-21(7-3-2-4-8-21)26-9-11-28-12-10-26/h5-6,13H,2-4,7-12,14-16H2,1H3,(H,24,27). The number of rotatable bonds is 7. The summed E-state index contributed by atoms with van der Waals surface area (Å²) in [7, 11) is 1.76. The Morgan fingerprint density at radius 1 is 1.21 bits per heavy atom. The molecular weight excluding hydrogens is 364 g/mol. The number of ether oxygens (including phenoxy) is 1. The molecule has 7 heteroatoms. The molecule has 0 bridgehead atoms. The Balaban J connectivity index is 1.52. The Morgan fingerprint density at radius 2 is 1.93 bits per heavy atom. The molecule has 28 heavy (non-hydrogen) atoms. The van der Waals surface area contributed by atoms with Gasteiger partial charge in [0.25, 0.3) is 0 Å². The predicted molar refractivity (Wildman–Crippen MR) is 104 cm³/mol. The highest BCUT2D eigenvalue weighted by molar-refractivity contribution is 5.78. The van der Waals surface area contributed by atoms with Crippen LogP contribution >= 0.6 is 0 Å². The first-order valence-electron chi connectivity index (χ1n) is 10.2. The van der Waals surface area contributed by atoms with Gasteiger partial charge in [-0.05, 0) is 26.0 Å². The minimum atomic E-state index is -0.595. The molecule has 0 atom stereocenters. The zero-order valence-corrected chi connectivity index (χ0v) is 16.7. The number of hydrogen-bond donors (Lipinski definition) is 1. The molecule has 2 fully saturated rings. The van der Waals surface area contributed by atoms with Crippen LogP contribution in [-0.4, -0.2) is 67.7 Å². The Morgan fingerprint density at radius 3 is 2.61 bits per heavy atom. The third-order valence-electron chi connectivity index (χ3n) is 5.95. The van der Waals surface area contributed by atoms with Gasteiger partial charge in [-0.15, -0.1) is 0 Å². The number of morpholine rings is 1. The summed E-state index contributed by atoms with van der Waals surface area (Å²) in [5.41, 5.74) is 0.410. The van der Waals surface area contributed by atoms with Crippen molar-refractivity contribution in [2.24, 2.45) is 0 Å². The van der Waals surface area contributed by atoms with E-state index in [0.717, 1.165) is 45.2 Å². The van der Waals surface area contributed by atoms with Gasteiger partial charge in [-0.25, -0.2) is 8.78 Å². The largest absolute Gasteiger partial charge is 0.379 e. The van der Waals surface area contributed by atoms with E-state index >= 15 is 0 Å². The normalized spacial score (nSPS) is 20.3. The molecule has 1 aliphatic carbocycles. The molecule has 0 radical (unpaired) electrons. The van der Waals surface area contributed by atoms with Gasteiger partial charge in [0.05, 0.1) is 19.8 Å². The molecule has 2 aliphatic rings. The smallest absolute Gasteiger partial charge is 0.234 e. The number of carbonyl (C=O) groups excluding carboxylic acids is 1. The summed E-state index contributed by atoms with van der Waals surface area (Å²) >= 11 is 0. The van der Waals surface area contributed by atoms with Crippen molar-refractivity contribution in [3.63, 3.8) is 0 Å². The second kappa shape index (κ2) is 9.76. The fourth-order valence-electron chi connectivity index (χ4n) is 4.41. The van der Waals surface area contributed by atoms with Crippen LogP contribution in [0.5, 0.6) is 0 Å². The van der Waals surface area contributed by atoms with E-state index in [2.05, 4.69) is 10.2 Å². The van der Waals surface area contributed by atoms with Crippen molar-refractivity contribution in [2.45, 2.75) is 44.2 Å². The zero-order valence-electron chi connectivity index (χ0n) is 16.7. The summed E-state index contributed by atoms with van der Waals surface area (Å²) < 4.78 is 32.3. The van der Waals surface area contributed by atoms with Crippen LogP contribution in [0, 0.1) is 11.6 Å². The summed E-state index contributed by atoms with van der Waals surface area (Å²) in [4.78, 5) is 16.7. The van der Waals surface area contributed by atoms with Crippen LogP contribution in [0.2, 0.25) is 0 Å². The van der Waals surface area contributed by atoms with Crippen LogP contribution < -0.4 is 5.32 Å². The van der Waals surface area contributed by atoms with Gasteiger partial charge in [0, 0.05) is 43.3 Å². The number of benzene rings is 1. The van der Waals surface area contributed by atoms with Gasteiger partial charge in [0.2, 0.25) is 5.91 Å². The predicted octanol–water partition coefficient (Wildman–Crippen LogP) is 2.55. The number of nitrogens with one attached hydrogen (secondary N) is 1. The Kier molecular flexibility index (Phi) is 7.37. The first-order chi connectivity index (χ1) is 13.5. The quantitative estimate of drug-likeness (QED) is 0.771. The van der Waals surface area contributed by atoms with Gasteiger partial charge in [0.1, 0.15) is 11.6 Å². The number of hydrogen-bond acceptors (Lipinski definition) is 4. The molecule has 156 valence electrons. The number of likely N-dealkylation sites (N-methyl/N-ethyl adjacent to an activating group) is 1. The maximum atomic E-state index is 13.8. The zero-order chi connectivity index (χ0) is 20.0. The lowest BCUT2D eigenvalue weighted by molar-refractivity contribution is -0.123. The topological polar surface area (TPSA) is 44.8 Å². The van der Waals surface area contributed by atoms with Crippen LogP contribution in [0.15, 0.2) is 18.2 Å². The van der Waals surface area contributed by atoms with Gasteiger partial charge in [-0.2, -0.15) is 0 Å². The van der Waals surface area contributed by atoms with Crippen molar-refractivity contribution in [1.82, 2.24) is 15.1 Å². The molecule has 1 amide bonds. The third-order valence-corrected chi connectivity index (χ3v) is 5.95. The molecule has 3 rings (SSSR count). The fraction of sp³-hybridized carbons (Fsp3) is 0.667. The molecule has 0 spiro atoms. The summed E-state index contributed by atoms with van der Waals surface area (Å²) in [6.45, 7) is 4.41. The van der Waals surface area contributed by atoms with E-state index in [4.69, 9.17) is 4.74 Å². The van der Waals surface area contributed by atoms with Gasteiger partial charge in [-0.3, -0.25) is 14.6 Å². The van der Waals surface area contributed by atoms with E-state index in [-0.39, 0.29) is 24.5 Å². The maximum Gasteiger partial charge on any atom is 0.234 e. The van der Waals surface area contributed by atoms with Crippen molar-refractivity contribution in [3.05, 3.63) is 35.4 Å². The monoisotopic (exact) mass is 395 g/mol. The van der Waals surface area contributed by atoms with Crippen LogP contribution in [0.25, 0.3) is 0 Å². The molecular formula is C21H31F2N3O2. The Hall–Kier alpha value is -1.57. The molecule has 1 aromatic rings. The van der Waals surface area contributed by atoms with Gasteiger partial charge in [0.15, 0.2) is 0 Å². The number of amides is 1. The third kappa shape index (κ3) is 5.49. The molecule has 1 aliphatic heterocycles. The van der Waals surface area contributed by atoms with Crippen molar-refractivity contribution in [1.29, 1.82) is 0 Å². The molecule has 0 aromatic heterocycles. The van der Waals surface area contributed by atoms with E-state index in [1.807, 2.05) is 0 Å². The lowest BCUT2D eigenvalue weighted by atomic mass is 9.79. The average molecular weight is 395 g/mol. The first-order valence-corrected chi connectivity index (χ1v) is 10.2.